The number of anilines is 1. The Labute approximate surface area is 152 Å². The van der Waals surface area contributed by atoms with Gasteiger partial charge in [0.05, 0.1) is 23.1 Å². The van der Waals surface area contributed by atoms with Crippen molar-refractivity contribution >= 4 is 34.0 Å². The van der Waals surface area contributed by atoms with Crippen LogP contribution in [0.2, 0.25) is 0 Å². The fraction of sp³-hybridized carbons (Fsp3) is 0.105. The molecule has 0 spiro atoms. The summed E-state index contributed by atoms with van der Waals surface area (Å²) in [6.45, 7) is 2.00. The second-order valence-corrected chi connectivity index (χ2v) is 7.00. The highest BCUT2D eigenvalue weighted by molar-refractivity contribution is 7.10. The number of nitrogens with zero attached hydrogens (tertiary/aromatic N) is 1. The van der Waals surface area contributed by atoms with Crippen molar-refractivity contribution in [3.05, 3.63) is 68.9 Å². The number of hydrogen-bond donors (Lipinski definition) is 3. The van der Waals surface area contributed by atoms with E-state index in [9.17, 15) is 9.59 Å². The Hall–Kier alpha value is -3.19. The molecule has 0 aliphatic carbocycles. The van der Waals surface area contributed by atoms with Gasteiger partial charge in [-0.25, -0.2) is 9.78 Å². The molecule has 0 saturated carbocycles. The van der Waals surface area contributed by atoms with Gasteiger partial charge in [-0.2, -0.15) is 0 Å². The molecule has 2 aromatic carbocycles. The van der Waals surface area contributed by atoms with E-state index in [0.29, 0.717) is 0 Å². The lowest BCUT2D eigenvalue weighted by molar-refractivity contribution is -0.115. The smallest absolute Gasteiger partial charge is 0.323 e. The van der Waals surface area contributed by atoms with Gasteiger partial charge in [0, 0.05) is 16.6 Å². The van der Waals surface area contributed by atoms with Crippen LogP contribution < -0.4 is 11.0 Å². The van der Waals surface area contributed by atoms with E-state index in [1.165, 1.54) is 11.3 Å². The van der Waals surface area contributed by atoms with Gasteiger partial charge < -0.3 is 15.3 Å². The SMILES string of the molecule is Cc1ccc(NC(=O)Cc2nc(-c3ccc4[nH]c(=O)[nH]c4c3)cs2)cc1. The summed E-state index contributed by atoms with van der Waals surface area (Å²) in [6, 6.07) is 13.3. The van der Waals surface area contributed by atoms with Crippen LogP contribution in [0.15, 0.2) is 52.6 Å². The summed E-state index contributed by atoms with van der Waals surface area (Å²) in [7, 11) is 0. The Balaban J connectivity index is 1.48. The molecule has 1 amide bonds. The van der Waals surface area contributed by atoms with Crippen LogP contribution in [0.5, 0.6) is 0 Å². The van der Waals surface area contributed by atoms with E-state index in [2.05, 4.69) is 20.3 Å². The Morgan fingerprint density at radius 3 is 2.69 bits per heavy atom. The van der Waals surface area contributed by atoms with Crippen molar-refractivity contribution in [2.24, 2.45) is 0 Å². The van der Waals surface area contributed by atoms with E-state index < -0.39 is 0 Å². The van der Waals surface area contributed by atoms with Crippen LogP contribution in [0.25, 0.3) is 22.3 Å². The molecule has 6 nitrogen and oxygen atoms in total. The number of aromatic amines is 2. The van der Waals surface area contributed by atoms with Crippen molar-refractivity contribution < 1.29 is 4.79 Å². The summed E-state index contributed by atoms with van der Waals surface area (Å²) >= 11 is 1.44. The summed E-state index contributed by atoms with van der Waals surface area (Å²) in [6.07, 6.45) is 0.224. The van der Waals surface area contributed by atoms with Crippen LogP contribution in [0.1, 0.15) is 10.6 Å². The van der Waals surface area contributed by atoms with Gasteiger partial charge in [0.2, 0.25) is 5.91 Å². The molecule has 0 unspecified atom stereocenters. The summed E-state index contributed by atoms with van der Waals surface area (Å²) in [5, 5.41) is 5.54. The number of amides is 1. The molecule has 0 aliphatic rings. The third kappa shape index (κ3) is 3.43. The van der Waals surface area contributed by atoms with Gasteiger partial charge in [0.25, 0.3) is 0 Å². The standard InChI is InChI=1S/C19H16N4O2S/c1-11-2-5-13(6-3-11)20-17(24)9-18-21-16(10-26-18)12-4-7-14-15(8-12)23-19(25)22-14/h2-8,10H,9H2,1H3,(H,20,24)(H2,22,23,25). The lowest BCUT2D eigenvalue weighted by atomic mass is 10.1. The van der Waals surface area contributed by atoms with E-state index in [4.69, 9.17) is 0 Å². The molecule has 130 valence electrons. The van der Waals surface area contributed by atoms with Crippen LogP contribution in [0, 0.1) is 6.92 Å². The zero-order chi connectivity index (χ0) is 18.1. The topological polar surface area (TPSA) is 90.6 Å². The van der Waals surface area contributed by atoms with Crippen molar-refractivity contribution in [1.82, 2.24) is 15.0 Å². The summed E-state index contributed by atoms with van der Waals surface area (Å²) in [4.78, 5) is 33.6. The maximum atomic E-state index is 12.2. The average Bonchev–Trinajstić information content (AvgIpc) is 3.21. The first kappa shape index (κ1) is 16.3. The van der Waals surface area contributed by atoms with Crippen LogP contribution in [0.4, 0.5) is 5.69 Å². The molecular weight excluding hydrogens is 348 g/mol. The van der Waals surface area contributed by atoms with Gasteiger partial charge in [-0.3, -0.25) is 4.79 Å². The van der Waals surface area contributed by atoms with Crippen molar-refractivity contribution in [3.8, 4) is 11.3 Å². The van der Waals surface area contributed by atoms with E-state index in [1.54, 1.807) is 0 Å². The maximum Gasteiger partial charge on any atom is 0.323 e. The van der Waals surface area contributed by atoms with Gasteiger partial charge >= 0.3 is 5.69 Å². The third-order valence-corrected chi connectivity index (χ3v) is 4.86. The molecule has 0 atom stereocenters. The molecule has 0 aliphatic heterocycles. The first-order chi connectivity index (χ1) is 12.6. The number of nitrogens with one attached hydrogen (secondary N) is 3. The molecule has 2 heterocycles. The first-order valence-corrected chi connectivity index (χ1v) is 8.98. The number of H-pyrrole nitrogens is 2. The molecule has 3 N–H and O–H groups in total. The number of rotatable bonds is 4. The lowest BCUT2D eigenvalue weighted by Crippen LogP contribution is -2.14. The Morgan fingerprint density at radius 2 is 1.88 bits per heavy atom. The van der Waals surface area contributed by atoms with Gasteiger partial charge in [0.15, 0.2) is 0 Å². The minimum atomic E-state index is -0.233. The summed E-state index contributed by atoms with van der Waals surface area (Å²) in [5.41, 5.74) is 4.87. The van der Waals surface area contributed by atoms with E-state index in [0.717, 1.165) is 38.5 Å². The highest BCUT2D eigenvalue weighted by Crippen LogP contribution is 2.24. The molecule has 0 fully saturated rings. The maximum absolute atomic E-state index is 12.2. The third-order valence-electron chi connectivity index (χ3n) is 4.01. The number of benzene rings is 2. The predicted octanol–water partition coefficient (Wildman–Crippen LogP) is 3.47. The second kappa shape index (κ2) is 6.61. The number of aryl methyl sites for hydroxylation is 1. The number of hydrogen-bond acceptors (Lipinski definition) is 4. The molecule has 4 rings (SSSR count). The van der Waals surface area contributed by atoms with E-state index >= 15 is 0 Å². The number of imidazole rings is 1. The fourth-order valence-electron chi connectivity index (χ4n) is 2.70. The normalized spacial score (nSPS) is 11.0. The minimum Gasteiger partial charge on any atom is -0.326 e. The van der Waals surface area contributed by atoms with E-state index in [-0.39, 0.29) is 18.0 Å². The van der Waals surface area contributed by atoms with Crippen molar-refractivity contribution in [3.63, 3.8) is 0 Å². The second-order valence-electron chi connectivity index (χ2n) is 6.06. The van der Waals surface area contributed by atoms with Crippen molar-refractivity contribution in [2.45, 2.75) is 13.3 Å². The molecule has 0 bridgehead atoms. The van der Waals surface area contributed by atoms with Crippen LogP contribution in [0.3, 0.4) is 0 Å². The quantitative estimate of drug-likeness (QED) is 0.518. The highest BCUT2D eigenvalue weighted by atomic mass is 32.1. The monoisotopic (exact) mass is 364 g/mol. The number of thiazole rings is 1. The molecule has 7 heteroatoms. The van der Waals surface area contributed by atoms with Crippen LogP contribution >= 0.6 is 11.3 Å². The van der Waals surface area contributed by atoms with Gasteiger partial charge in [0.1, 0.15) is 5.01 Å². The largest absolute Gasteiger partial charge is 0.326 e. The van der Waals surface area contributed by atoms with Gasteiger partial charge in [-0.1, -0.05) is 23.8 Å². The molecule has 4 aromatic rings. The summed E-state index contributed by atoms with van der Waals surface area (Å²) in [5.74, 6) is -0.0971. The number of carbonyl (C=O) groups is 1. The zero-order valence-electron chi connectivity index (χ0n) is 14.0. The number of aromatic nitrogens is 3. The fourth-order valence-corrected chi connectivity index (χ4v) is 3.50. The molecule has 0 radical (unpaired) electrons. The predicted molar refractivity (Wildman–Crippen MR) is 104 cm³/mol. The number of fused-ring (bicyclic) bond motifs is 1. The molecule has 2 aromatic heterocycles. The van der Waals surface area contributed by atoms with E-state index in [1.807, 2.05) is 54.8 Å². The van der Waals surface area contributed by atoms with Crippen molar-refractivity contribution in [2.75, 3.05) is 5.32 Å². The molecule has 0 saturated heterocycles. The first-order valence-electron chi connectivity index (χ1n) is 8.10. The van der Waals surface area contributed by atoms with Gasteiger partial charge in [-0.05, 0) is 31.2 Å². The van der Waals surface area contributed by atoms with Crippen molar-refractivity contribution in [1.29, 1.82) is 0 Å². The number of carbonyl (C=O) groups excluding carboxylic acids is 1. The minimum absolute atomic E-state index is 0.0971. The van der Waals surface area contributed by atoms with Crippen LogP contribution in [-0.4, -0.2) is 20.9 Å². The lowest BCUT2D eigenvalue weighted by Gasteiger charge is -2.04. The average molecular weight is 364 g/mol. The Morgan fingerprint density at radius 1 is 1.12 bits per heavy atom. The highest BCUT2D eigenvalue weighted by Gasteiger charge is 2.10. The molecule has 26 heavy (non-hydrogen) atoms. The Kier molecular flexibility index (Phi) is 4.14. The van der Waals surface area contributed by atoms with Crippen LogP contribution in [-0.2, 0) is 11.2 Å². The summed E-state index contributed by atoms with van der Waals surface area (Å²) < 4.78 is 0. The molecular formula is C19H16N4O2S. The Bertz CT molecular complexity index is 1140. The van der Waals surface area contributed by atoms with Gasteiger partial charge in [-0.15, -0.1) is 11.3 Å². The zero-order valence-corrected chi connectivity index (χ0v) is 14.8.